The van der Waals surface area contributed by atoms with Crippen LogP contribution in [-0.4, -0.2) is 12.5 Å². The number of nitrogen functional groups attached to an aromatic ring is 1. The standard InChI is InChI=1S/C14H18N2O/c1-10-8-12(10)9-16-14(17)7-4-11-2-5-13(15)6-3-11/h2-7,10,12H,8-9,15H2,1H3,(H,16,17)/b7-4+. The molecule has 0 radical (unpaired) electrons. The van der Waals surface area contributed by atoms with Gasteiger partial charge >= 0.3 is 0 Å². The number of nitrogens with two attached hydrogens (primary N) is 1. The lowest BCUT2D eigenvalue weighted by Gasteiger charge is -1.99. The number of anilines is 1. The fraction of sp³-hybridized carbons (Fsp3) is 0.357. The third kappa shape index (κ3) is 3.63. The van der Waals surface area contributed by atoms with Crippen LogP contribution in [0.2, 0.25) is 0 Å². The number of hydrogen-bond acceptors (Lipinski definition) is 2. The van der Waals surface area contributed by atoms with Gasteiger partial charge in [0.25, 0.3) is 0 Å². The van der Waals surface area contributed by atoms with Crippen LogP contribution in [0.4, 0.5) is 5.69 Å². The lowest BCUT2D eigenvalue weighted by Crippen LogP contribution is -2.23. The van der Waals surface area contributed by atoms with Crippen LogP contribution in [0.1, 0.15) is 18.9 Å². The molecule has 0 spiro atoms. The first-order valence-corrected chi connectivity index (χ1v) is 5.96. The number of rotatable bonds is 4. The van der Waals surface area contributed by atoms with E-state index in [9.17, 15) is 4.79 Å². The van der Waals surface area contributed by atoms with Crippen molar-refractivity contribution >= 4 is 17.7 Å². The van der Waals surface area contributed by atoms with Gasteiger partial charge in [-0.25, -0.2) is 0 Å². The van der Waals surface area contributed by atoms with E-state index in [4.69, 9.17) is 5.73 Å². The van der Waals surface area contributed by atoms with Crippen molar-refractivity contribution in [2.45, 2.75) is 13.3 Å². The molecule has 0 heterocycles. The third-order valence-electron chi connectivity index (χ3n) is 3.18. The van der Waals surface area contributed by atoms with Gasteiger partial charge < -0.3 is 11.1 Å². The minimum Gasteiger partial charge on any atom is -0.399 e. The van der Waals surface area contributed by atoms with E-state index < -0.39 is 0 Å². The number of hydrogen-bond donors (Lipinski definition) is 2. The molecule has 1 saturated carbocycles. The summed E-state index contributed by atoms with van der Waals surface area (Å²) in [6, 6.07) is 7.43. The Hall–Kier alpha value is -1.77. The van der Waals surface area contributed by atoms with Crippen LogP contribution < -0.4 is 11.1 Å². The van der Waals surface area contributed by atoms with E-state index >= 15 is 0 Å². The Kier molecular flexibility index (Phi) is 3.47. The maximum Gasteiger partial charge on any atom is 0.244 e. The molecule has 90 valence electrons. The van der Waals surface area contributed by atoms with E-state index in [-0.39, 0.29) is 5.91 Å². The molecule has 0 saturated heterocycles. The second kappa shape index (κ2) is 5.04. The Morgan fingerprint density at radius 3 is 2.71 bits per heavy atom. The number of amides is 1. The van der Waals surface area contributed by atoms with Crippen molar-refractivity contribution in [1.29, 1.82) is 0 Å². The van der Waals surface area contributed by atoms with Crippen LogP contribution in [-0.2, 0) is 4.79 Å². The average Bonchev–Trinajstić information content (AvgIpc) is 3.02. The van der Waals surface area contributed by atoms with Gasteiger partial charge in [-0.2, -0.15) is 0 Å². The smallest absolute Gasteiger partial charge is 0.244 e. The van der Waals surface area contributed by atoms with Gasteiger partial charge in [0.1, 0.15) is 0 Å². The van der Waals surface area contributed by atoms with Crippen molar-refractivity contribution in [3.8, 4) is 0 Å². The van der Waals surface area contributed by atoms with Gasteiger partial charge in [0.15, 0.2) is 0 Å². The van der Waals surface area contributed by atoms with Crippen LogP contribution in [0.3, 0.4) is 0 Å². The maximum atomic E-state index is 11.5. The van der Waals surface area contributed by atoms with Crippen LogP contribution in [0.15, 0.2) is 30.3 Å². The summed E-state index contributed by atoms with van der Waals surface area (Å²) >= 11 is 0. The van der Waals surface area contributed by atoms with Crippen molar-refractivity contribution in [3.05, 3.63) is 35.9 Å². The fourth-order valence-electron chi connectivity index (χ4n) is 1.75. The van der Waals surface area contributed by atoms with Gasteiger partial charge in [-0.05, 0) is 42.0 Å². The highest BCUT2D eigenvalue weighted by molar-refractivity contribution is 5.91. The average molecular weight is 230 g/mol. The molecule has 0 aromatic heterocycles. The molecule has 1 aliphatic carbocycles. The molecule has 2 unspecified atom stereocenters. The highest BCUT2D eigenvalue weighted by atomic mass is 16.1. The van der Waals surface area contributed by atoms with Crippen molar-refractivity contribution in [2.24, 2.45) is 11.8 Å². The van der Waals surface area contributed by atoms with Crippen molar-refractivity contribution in [3.63, 3.8) is 0 Å². The van der Waals surface area contributed by atoms with E-state index in [0.717, 1.165) is 23.7 Å². The molecule has 3 N–H and O–H groups in total. The lowest BCUT2D eigenvalue weighted by molar-refractivity contribution is -0.116. The number of carbonyl (C=O) groups is 1. The molecule has 2 rings (SSSR count). The van der Waals surface area contributed by atoms with Crippen LogP contribution >= 0.6 is 0 Å². The van der Waals surface area contributed by atoms with Crippen molar-refractivity contribution < 1.29 is 4.79 Å². The van der Waals surface area contributed by atoms with Gasteiger partial charge in [-0.15, -0.1) is 0 Å². The summed E-state index contributed by atoms with van der Waals surface area (Å²) in [6.45, 7) is 3.01. The Bertz CT molecular complexity index is 422. The Balaban J connectivity index is 1.79. The highest BCUT2D eigenvalue weighted by Crippen LogP contribution is 2.36. The minimum absolute atomic E-state index is 0.0269. The molecular weight excluding hydrogens is 212 g/mol. The second-order valence-electron chi connectivity index (χ2n) is 4.72. The normalized spacial score (nSPS) is 22.6. The summed E-state index contributed by atoms with van der Waals surface area (Å²) in [5.41, 5.74) is 7.29. The third-order valence-corrected chi connectivity index (χ3v) is 3.18. The quantitative estimate of drug-likeness (QED) is 0.614. The summed E-state index contributed by atoms with van der Waals surface area (Å²) in [6.07, 6.45) is 4.60. The molecule has 1 amide bonds. The Morgan fingerprint density at radius 2 is 2.12 bits per heavy atom. The van der Waals surface area contributed by atoms with Gasteiger partial charge in [0.2, 0.25) is 5.91 Å². The summed E-state index contributed by atoms with van der Waals surface area (Å²) in [5.74, 6) is 1.43. The number of benzene rings is 1. The first kappa shape index (κ1) is 11.7. The predicted molar refractivity (Wildman–Crippen MR) is 70.2 cm³/mol. The Morgan fingerprint density at radius 1 is 1.47 bits per heavy atom. The van der Waals surface area contributed by atoms with Gasteiger partial charge in [0.05, 0.1) is 0 Å². The van der Waals surface area contributed by atoms with E-state index in [1.165, 1.54) is 6.42 Å². The lowest BCUT2D eigenvalue weighted by atomic mass is 10.2. The van der Waals surface area contributed by atoms with Crippen molar-refractivity contribution in [2.75, 3.05) is 12.3 Å². The van der Waals surface area contributed by atoms with E-state index in [1.807, 2.05) is 24.3 Å². The number of carbonyl (C=O) groups excluding carboxylic acids is 1. The van der Waals surface area contributed by atoms with Crippen LogP contribution in [0, 0.1) is 11.8 Å². The molecule has 1 aliphatic rings. The first-order chi connectivity index (χ1) is 8.15. The largest absolute Gasteiger partial charge is 0.399 e. The molecule has 3 heteroatoms. The molecule has 2 atom stereocenters. The molecule has 1 aromatic carbocycles. The van der Waals surface area contributed by atoms with E-state index in [2.05, 4.69) is 12.2 Å². The SMILES string of the molecule is CC1CC1CNC(=O)/C=C/c1ccc(N)cc1. The van der Waals surface area contributed by atoms with E-state index in [0.29, 0.717) is 5.92 Å². The zero-order valence-corrected chi connectivity index (χ0v) is 10.0. The number of nitrogens with one attached hydrogen (secondary N) is 1. The fourth-order valence-corrected chi connectivity index (χ4v) is 1.75. The maximum absolute atomic E-state index is 11.5. The summed E-state index contributed by atoms with van der Waals surface area (Å²) in [4.78, 5) is 11.5. The minimum atomic E-state index is -0.0269. The monoisotopic (exact) mass is 230 g/mol. The molecular formula is C14H18N2O. The summed E-state index contributed by atoms with van der Waals surface area (Å²) < 4.78 is 0. The molecule has 1 aromatic rings. The summed E-state index contributed by atoms with van der Waals surface area (Å²) in [7, 11) is 0. The van der Waals surface area contributed by atoms with Crippen LogP contribution in [0.5, 0.6) is 0 Å². The molecule has 3 nitrogen and oxygen atoms in total. The zero-order chi connectivity index (χ0) is 12.3. The highest BCUT2D eigenvalue weighted by Gasteiger charge is 2.32. The van der Waals surface area contributed by atoms with Crippen LogP contribution in [0.25, 0.3) is 6.08 Å². The van der Waals surface area contributed by atoms with Crippen molar-refractivity contribution in [1.82, 2.24) is 5.32 Å². The molecule has 0 bridgehead atoms. The predicted octanol–water partition coefficient (Wildman–Crippen LogP) is 2.05. The first-order valence-electron chi connectivity index (χ1n) is 5.96. The van der Waals surface area contributed by atoms with Gasteiger partial charge in [0, 0.05) is 18.3 Å². The van der Waals surface area contributed by atoms with Gasteiger partial charge in [-0.1, -0.05) is 19.1 Å². The van der Waals surface area contributed by atoms with E-state index in [1.54, 1.807) is 12.2 Å². The topological polar surface area (TPSA) is 55.1 Å². The van der Waals surface area contributed by atoms with Gasteiger partial charge in [-0.3, -0.25) is 4.79 Å². The molecule has 0 aliphatic heterocycles. The second-order valence-corrected chi connectivity index (χ2v) is 4.72. The molecule has 17 heavy (non-hydrogen) atoms. The Labute approximate surface area is 102 Å². The zero-order valence-electron chi connectivity index (χ0n) is 10.0. The summed E-state index contributed by atoms with van der Waals surface area (Å²) in [5, 5.41) is 2.91. The molecule has 1 fully saturated rings.